The van der Waals surface area contributed by atoms with Crippen molar-refractivity contribution in [3.63, 3.8) is 0 Å². The molecule has 1 aromatic carbocycles. The van der Waals surface area contributed by atoms with Crippen molar-refractivity contribution in [2.45, 2.75) is 48.7 Å². The third-order valence-corrected chi connectivity index (χ3v) is 5.39. The van der Waals surface area contributed by atoms with Crippen molar-refractivity contribution in [2.75, 3.05) is 20.6 Å². The molecule has 1 N–H and O–H groups in total. The van der Waals surface area contributed by atoms with E-state index in [4.69, 9.17) is 24.6 Å². The quantitative estimate of drug-likeness (QED) is 0.835. The number of likely N-dealkylation sites (N-methyl/N-ethyl adjacent to an activating group) is 1. The minimum atomic E-state index is -3.14. The van der Waals surface area contributed by atoms with Gasteiger partial charge in [0.25, 0.3) is 0 Å². The van der Waals surface area contributed by atoms with Crippen LogP contribution < -0.4 is 9.47 Å². The van der Waals surface area contributed by atoms with Gasteiger partial charge in [-0.05, 0) is 44.3 Å². The molecule has 5 nitrogen and oxygen atoms in total. The van der Waals surface area contributed by atoms with E-state index in [0.29, 0.717) is 4.90 Å². The van der Waals surface area contributed by atoms with Crippen LogP contribution in [0.4, 0.5) is 0 Å². The topological polar surface area (TPSA) is 59.0 Å². The Morgan fingerprint density at radius 1 is 1.61 bits per heavy atom. The lowest BCUT2D eigenvalue weighted by Crippen LogP contribution is -2.76. The zero-order valence-corrected chi connectivity index (χ0v) is 11.9. The maximum absolute atomic E-state index is 13.1. The number of benzene rings is 1. The monoisotopic (exact) mass is 327 g/mol. The average molecular weight is 327 g/mol. The van der Waals surface area contributed by atoms with Crippen molar-refractivity contribution in [2.24, 2.45) is 0 Å². The lowest BCUT2D eigenvalue weighted by atomic mass is 9.49. The van der Waals surface area contributed by atoms with Crippen molar-refractivity contribution < 1.29 is 35.8 Å². The second-order valence-electron chi connectivity index (χ2n) is 6.26. The van der Waals surface area contributed by atoms with Crippen LogP contribution in [0.5, 0.6) is 11.5 Å². The largest absolute Gasteiger partial charge is 0.493 e. The van der Waals surface area contributed by atoms with E-state index in [2.05, 4.69) is 0 Å². The molecule has 122 valence electrons. The summed E-state index contributed by atoms with van der Waals surface area (Å²) in [4.78, 5) is 13.6. The lowest BCUT2D eigenvalue weighted by Gasteiger charge is -2.62. The van der Waals surface area contributed by atoms with Gasteiger partial charge in [-0.25, -0.2) is 0 Å². The van der Waals surface area contributed by atoms with Crippen LogP contribution in [-0.2, 0) is 16.6 Å². The summed E-state index contributed by atoms with van der Waals surface area (Å²) < 4.78 is 110. The van der Waals surface area contributed by atoms with Crippen LogP contribution in [0.1, 0.15) is 46.8 Å². The van der Waals surface area contributed by atoms with Crippen LogP contribution in [0.15, 0.2) is 12.1 Å². The number of ketones is 1. The molecular weight excluding hydrogens is 294 g/mol. The van der Waals surface area contributed by atoms with Crippen LogP contribution >= 0.6 is 0 Å². The highest BCUT2D eigenvalue weighted by Gasteiger charge is 2.72. The molecular formula is C18H21NO4. The molecule has 2 aliphatic carbocycles. The Balaban J connectivity index is 1.99. The Bertz CT molecular complexity index is 1180. The molecule has 4 atom stereocenters. The van der Waals surface area contributed by atoms with Gasteiger partial charge in [-0.3, -0.25) is 4.79 Å². The van der Waals surface area contributed by atoms with E-state index in [0.717, 1.165) is 0 Å². The van der Waals surface area contributed by atoms with Gasteiger partial charge in [0.05, 0.1) is 27.6 Å². The number of hydrogen-bond donors (Lipinski definition) is 1. The molecule has 0 aromatic heterocycles. The van der Waals surface area contributed by atoms with E-state index in [9.17, 15) is 11.3 Å². The molecule has 0 radical (unpaired) electrons. The van der Waals surface area contributed by atoms with Gasteiger partial charge in [0.2, 0.25) is 0 Å². The van der Waals surface area contributed by atoms with Crippen molar-refractivity contribution in [1.29, 1.82) is 0 Å². The Morgan fingerprint density at radius 3 is 3.35 bits per heavy atom. The fraction of sp³-hybridized carbons (Fsp3) is 0.611. The minimum Gasteiger partial charge on any atom is -0.493 e. The number of rotatable bonds is 1. The van der Waals surface area contributed by atoms with Crippen LogP contribution in [0.3, 0.4) is 0 Å². The van der Waals surface area contributed by atoms with Gasteiger partial charge < -0.3 is 19.5 Å². The molecule has 2 aliphatic heterocycles. The molecule has 2 bridgehead atoms. The summed E-state index contributed by atoms with van der Waals surface area (Å²) in [5, 5.41) is 12.2. The number of nitrogens with zero attached hydrogens (tertiary/aromatic N) is 1. The first-order valence-corrected chi connectivity index (χ1v) is 7.32. The van der Waals surface area contributed by atoms with E-state index in [1.807, 2.05) is 0 Å². The molecule has 1 spiro atoms. The number of methoxy groups -OCH3 is 1. The number of carbonyl (C=O) groups excluding carboxylic acids is 1. The summed E-state index contributed by atoms with van der Waals surface area (Å²) in [6, 6.07) is -4.87. The zero-order chi connectivity index (χ0) is 26.4. The van der Waals surface area contributed by atoms with Gasteiger partial charge in [-0.2, -0.15) is 0 Å². The van der Waals surface area contributed by atoms with E-state index in [1.165, 1.54) is 0 Å². The van der Waals surface area contributed by atoms with E-state index in [1.54, 1.807) is 0 Å². The molecule has 2 heterocycles. The third kappa shape index (κ3) is 1.32. The number of carbonyl (C=O) groups is 1. The highest BCUT2D eigenvalue weighted by molar-refractivity contribution is 5.90. The fourth-order valence-corrected chi connectivity index (χ4v) is 4.42. The van der Waals surface area contributed by atoms with Crippen LogP contribution in [0.2, 0.25) is 0 Å². The number of hydrogen-bond acceptors (Lipinski definition) is 5. The van der Waals surface area contributed by atoms with Crippen molar-refractivity contribution in [3.05, 3.63) is 23.2 Å². The Kier molecular flexibility index (Phi) is 1.13. The average Bonchev–Trinajstić information content (AvgIpc) is 2.96. The first kappa shape index (κ1) is 6.37. The summed E-state index contributed by atoms with van der Waals surface area (Å²) in [5.41, 5.74) is -5.99. The zero-order valence-electron chi connectivity index (χ0n) is 23.9. The van der Waals surface area contributed by atoms with Gasteiger partial charge >= 0.3 is 0 Å². The van der Waals surface area contributed by atoms with Crippen LogP contribution in [-0.4, -0.2) is 54.0 Å². The van der Waals surface area contributed by atoms with Crippen molar-refractivity contribution >= 4 is 5.78 Å². The number of aliphatic hydroxyl groups is 1. The lowest BCUT2D eigenvalue weighted by molar-refractivity contribution is -0.185. The van der Waals surface area contributed by atoms with Crippen LogP contribution in [0, 0.1) is 0 Å². The summed E-state index contributed by atoms with van der Waals surface area (Å²) in [5.74, 6) is -2.30. The molecule has 1 unspecified atom stereocenters. The highest BCUT2D eigenvalue weighted by Crippen LogP contribution is 2.64. The van der Waals surface area contributed by atoms with Gasteiger partial charge in [-0.1, -0.05) is 6.04 Å². The van der Waals surface area contributed by atoms with Gasteiger partial charge in [0.15, 0.2) is 23.4 Å². The summed E-state index contributed by atoms with van der Waals surface area (Å²) in [7, 11) is -3.14. The number of ether oxygens (including phenoxy) is 2. The summed E-state index contributed by atoms with van der Waals surface area (Å²) in [6.45, 7) is -3.61. The molecule has 1 aromatic rings. The maximum atomic E-state index is 13.1. The Morgan fingerprint density at radius 2 is 2.52 bits per heavy atom. The number of likely N-dealkylation sites (tertiary alicyclic amines) is 1. The summed E-state index contributed by atoms with van der Waals surface area (Å²) in [6.07, 6.45) is -7.40. The summed E-state index contributed by atoms with van der Waals surface area (Å²) >= 11 is 0. The first-order valence-electron chi connectivity index (χ1n) is 13.3. The van der Waals surface area contributed by atoms with E-state index in [-0.39, 0.29) is 5.56 Å². The molecule has 1 saturated carbocycles. The second kappa shape index (κ2) is 4.08. The van der Waals surface area contributed by atoms with E-state index < -0.39 is 104 Å². The smallest absolute Gasteiger partial charge is 0.174 e. The Labute approximate surface area is 152 Å². The second-order valence-corrected chi connectivity index (χ2v) is 6.26. The van der Waals surface area contributed by atoms with Gasteiger partial charge in [0.1, 0.15) is 0 Å². The van der Waals surface area contributed by atoms with Crippen molar-refractivity contribution in [1.82, 2.24) is 4.90 Å². The molecule has 4 aliphatic rings. The molecule has 0 amide bonds. The van der Waals surface area contributed by atoms with Gasteiger partial charge in [-0.15, -0.1) is 0 Å². The van der Waals surface area contributed by atoms with Gasteiger partial charge in [0, 0.05) is 24.9 Å². The molecule has 5 heteroatoms. The fourth-order valence-electron chi connectivity index (χ4n) is 4.42. The van der Waals surface area contributed by atoms with Crippen molar-refractivity contribution in [3.8, 4) is 11.5 Å². The maximum Gasteiger partial charge on any atom is 0.174 e. The predicted molar refractivity (Wildman–Crippen MR) is 83.0 cm³/mol. The molecule has 2 fully saturated rings. The number of Topliss-reactive ketones (excluding diaryl/α,β-unsaturated/α-hetero) is 1. The molecule has 5 rings (SSSR count). The minimum absolute atomic E-state index is 0.388. The standard InChI is InChI=1S/C18H21NO4/c1-19-8-7-17-14-10-3-4-12(22-2)15(14)23-16(17)11(20)5-6-18(17,21)13(19)9-10/h3-4,13,16,21H,5-9H2,1-2H3/t13-,16?,17+,18-/m1/s1/i1D3,2D3,3D,4D,9D2,13D,16D. The first-order chi connectivity index (χ1) is 15.7. The Hall–Kier alpha value is -1.59. The SMILES string of the molecule is [2H]c1c([2H])c2c3c(c1OC([2H])([2H])[2H])OC1([2H])C(=O)CC[C@]4(O)[C@@]31CCN(C([2H])([2H])[2H])[C@]4([2H])C2([2H])[2H]. The number of piperidine rings is 1. The third-order valence-electron chi connectivity index (χ3n) is 5.39. The normalized spacial score (nSPS) is 57.9. The molecule has 23 heavy (non-hydrogen) atoms. The highest BCUT2D eigenvalue weighted by atomic mass is 16.5. The molecule has 1 saturated heterocycles. The van der Waals surface area contributed by atoms with Crippen LogP contribution in [0.25, 0.3) is 0 Å². The predicted octanol–water partition coefficient (Wildman–Crippen LogP) is 1.05. The van der Waals surface area contributed by atoms with E-state index >= 15 is 0 Å².